The van der Waals surface area contributed by atoms with Gasteiger partial charge in [0.05, 0.1) is 19.9 Å². The summed E-state index contributed by atoms with van der Waals surface area (Å²) in [5, 5.41) is 4.19. The molecule has 3 aromatic rings. The first-order valence-corrected chi connectivity index (χ1v) is 9.93. The average molecular weight is 472 g/mol. The van der Waals surface area contributed by atoms with Gasteiger partial charge >= 0.3 is 0 Å². The van der Waals surface area contributed by atoms with Crippen molar-refractivity contribution in [3.05, 3.63) is 70.5 Å². The topological polar surface area (TPSA) is 74.9 Å². The zero-order valence-electron chi connectivity index (χ0n) is 16.9. The van der Waals surface area contributed by atoms with E-state index in [2.05, 4.69) is 26.0 Å². The molecule has 7 nitrogen and oxygen atoms in total. The average Bonchev–Trinajstić information content (AvgIpc) is 3.30. The zero-order valence-corrected chi connectivity index (χ0v) is 18.5. The maximum Gasteiger partial charge on any atom is 0.187 e. The molecule has 0 spiro atoms. The van der Waals surface area contributed by atoms with E-state index in [1.807, 2.05) is 48.7 Å². The van der Waals surface area contributed by atoms with Crippen LogP contribution in [0.4, 0.5) is 0 Å². The van der Waals surface area contributed by atoms with Gasteiger partial charge in [-0.1, -0.05) is 12.1 Å². The third-order valence-corrected chi connectivity index (χ3v) is 5.23. The Hall–Kier alpha value is -2.97. The Morgan fingerprint density at radius 2 is 1.83 bits per heavy atom. The van der Waals surface area contributed by atoms with E-state index in [1.165, 1.54) is 7.11 Å². The third-order valence-electron chi connectivity index (χ3n) is 4.45. The van der Waals surface area contributed by atoms with Crippen LogP contribution in [0.1, 0.15) is 17.2 Å². The van der Waals surface area contributed by atoms with Crippen molar-refractivity contribution in [1.82, 2.24) is 9.78 Å². The molecule has 0 fully saturated rings. The van der Waals surface area contributed by atoms with E-state index < -0.39 is 6.10 Å². The van der Waals surface area contributed by atoms with Crippen molar-refractivity contribution in [3.63, 3.8) is 0 Å². The number of hydrogen-bond donors (Lipinski definition) is 0. The summed E-state index contributed by atoms with van der Waals surface area (Å²) >= 11 is 3.43. The van der Waals surface area contributed by atoms with Crippen molar-refractivity contribution < 1.29 is 19.0 Å². The highest BCUT2D eigenvalue weighted by atomic mass is 79.9. The van der Waals surface area contributed by atoms with Crippen LogP contribution in [0.5, 0.6) is 11.5 Å². The Balaban J connectivity index is 1.70. The first kappa shape index (κ1) is 21.7. The number of carbonyl (C=O) groups excluding carboxylic acids is 1. The summed E-state index contributed by atoms with van der Waals surface area (Å²) in [4.78, 5) is 16.9. The SMILES string of the molecule is COc1cc(C=NCC(=O)C(OC)c2ccc(-n3cccn3)cc2)cc(OC)c1Br. The number of aromatic nitrogens is 2. The van der Waals surface area contributed by atoms with E-state index in [0.717, 1.165) is 21.3 Å². The third kappa shape index (κ3) is 4.95. The smallest absolute Gasteiger partial charge is 0.187 e. The molecule has 0 bridgehead atoms. The number of hydrogen-bond acceptors (Lipinski definition) is 6. The largest absolute Gasteiger partial charge is 0.495 e. The molecule has 0 radical (unpaired) electrons. The molecular formula is C22H22BrN3O4. The van der Waals surface area contributed by atoms with Gasteiger partial charge in [-0.15, -0.1) is 0 Å². The highest BCUT2D eigenvalue weighted by molar-refractivity contribution is 9.10. The fourth-order valence-electron chi connectivity index (χ4n) is 2.96. The van der Waals surface area contributed by atoms with Gasteiger partial charge in [-0.05, 0) is 57.4 Å². The number of benzene rings is 2. The molecule has 1 atom stereocenters. The van der Waals surface area contributed by atoms with E-state index >= 15 is 0 Å². The molecule has 30 heavy (non-hydrogen) atoms. The van der Waals surface area contributed by atoms with Crippen LogP contribution >= 0.6 is 15.9 Å². The summed E-state index contributed by atoms with van der Waals surface area (Å²) in [6, 6.07) is 13.0. The molecule has 156 valence electrons. The monoisotopic (exact) mass is 471 g/mol. The summed E-state index contributed by atoms with van der Waals surface area (Å²) in [5.41, 5.74) is 2.43. The van der Waals surface area contributed by atoms with Crippen LogP contribution < -0.4 is 9.47 Å². The molecule has 0 aliphatic rings. The van der Waals surface area contributed by atoms with Crippen molar-refractivity contribution >= 4 is 27.9 Å². The van der Waals surface area contributed by atoms with Crippen LogP contribution in [-0.4, -0.2) is 49.7 Å². The van der Waals surface area contributed by atoms with Gasteiger partial charge in [0.25, 0.3) is 0 Å². The van der Waals surface area contributed by atoms with Gasteiger partial charge < -0.3 is 14.2 Å². The molecule has 0 aliphatic carbocycles. The second kappa shape index (κ2) is 10.2. The first-order chi connectivity index (χ1) is 14.6. The molecular weight excluding hydrogens is 450 g/mol. The van der Waals surface area contributed by atoms with Crippen LogP contribution in [0, 0.1) is 0 Å². The maximum absolute atomic E-state index is 12.7. The van der Waals surface area contributed by atoms with Gasteiger partial charge in [0.2, 0.25) is 0 Å². The predicted octanol–water partition coefficient (Wildman–Crippen LogP) is 4.03. The van der Waals surface area contributed by atoms with Gasteiger partial charge in [0.15, 0.2) is 5.78 Å². The van der Waals surface area contributed by atoms with E-state index in [1.54, 1.807) is 31.3 Å². The summed E-state index contributed by atoms with van der Waals surface area (Å²) in [5.74, 6) is 1.10. The first-order valence-electron chi connectivity index (χ1n) is 9.14. The second-order valence-electron chi connectivity index (χ2n) is 6.33. The summed E-state index contributed by atoms with van der Waals surface area (Å²) in [6.45, 7) is -0.0138. The highest BCUT2D eigenvalue weighted by Crippen LogP contribution is 2.35. The van der Waals surface area contributed by atoms with Gasteiger partial charge in [-0.25, -0.2) is 4.68 Å². The number of aliphatic imine (C=N–C) groups is 1. The molecule has 3 rings (SSSR count). The second-order valence-corrected chi connectivity index (χ2v) is 7.13. The van der Waals surface area contributed by atoms with Gasteiger partial charge in [0, 0.05) is 25.7 Å². The van der Waals surface area contributed by atoms with Crippen LogP contribution in [0.3, 0.4) is 0 Å². The Morgan fingerprint density at radius 3 is 2.37 bits per heavy atom. The number of halogens is 1. The van der Waals surface area contributed by atoms with Crippen LogP contribution in [-0.2, 0) is 9.53 Å². The lowest BCUT2D eigenvalue weighted by Crippen LogP contribution is -2.17. The maximum atomic E-state index is 12.7. The summed E-state index contributed by atoms with van der Waals surface area (Å²) in [7, 11) is 4.66. The minimum absolute atomic E-state index is 0.0138. The minimum Gasteiger partial charge on any atom is -0.495 e. The Kier molecular flexibility index (Phi) is 7.37. The normalized spacial score (nSPS) is 12.1. The van der Waals surface area contributed by atoms with Crippen LogP contribution in [0.25, 0.3) is 5.69 Å². The van der Waals surface area contributed by atoms with E-state index in [9.17, 15) is 4.79 Å². The molecule has 2 aromatic carbocycles. The molecule has 1 unspecified atom stereocenters. The molecule has 8 heteroatoms. The number of methoxy groups -OCH3 is 3. The molecule has 0 N–H and O–H groups in total. The number of carbonyl (C=O) groups is 1. The Labute approximate surface area is 183 Å². The van der Waals surface area contributed by atoms with Crippen LogP contribution in [0.2, 0.25) is 0 Å². The molecule has 1 heterocycles. The number of ether oxygens (including phenoxy) is 3. The van der Waals surface area contributed by atoms with E-state index in [4.69, 9.17) is 14.2 Å². The Morgan fingerprint density at radius 1 is 1.17 bits per heavy atom. The van der Waals surface area contributed by atoms with Gasteiger partial charge in [-0.3, -0.25) is 9.79 Å². The van der Waals surface area contributed by atoms with Crippen molar-refractivity contribution in [2.45, 2.75) is 6.10 Å². The molecule has 0 saturated carbocycles. The van der Waals surface area contributed by atoms with Crippen molar-refractivity contribution in [1.29, 1.82) is 0 Å². The predicted molar refractivity (Wildman–Crippen MR) is 118 cm³/mol. The number of rotatable bonds is 9. The molecule has 1 aromatic heterocycles. The summed E-state index contributed by atoms with van der Waals surface area (Å²) in [6.07, 6.45) is 4.49. The standard InChI is InChI=1S/C22H22BrN3O4/c1-28-19-11-15(12-20(29-2)21(19)23)13-24-14-18(27)22(30-3)16-5-7-17(8-6-16)26-10-4-9-25-26/h4-13,22H,14H2,1-3H3. The fraction of sp³-hybridized carbons (Fsp3) is 0.227. The lowest BCUT2D eigenvalue weighted by atomic mass is 10.0. The van der Waals surface area contributed by atoms with Crippen LogP contribution in [0.15, 0.2) is 64.3 Å². The quantitative estimate of drug-likeness (QED) is 0.440. The molecule has 0 aliphatic heterocycles. The van der Waals surface area contributed by atoms with E-state index in [0.29, 0.717) is 11.5 Å². The molecule has 0 saturated heterocycles. The summed E-state index contributed by atoms with van der Waals surface area (Å²) < 4.78 is 18.5. The Bertz CT molecular complexity index is 992. The number of nitrogens with zero attached hydrogens (tertiary/aromatic N) is 3. The van der Waals surface area contributed by atoms with Gasteiger partial charge in [0.1, 0.15) is 28.6 Å². The fourth-order valence-corrected chi connectivity index (χ4v) is 3.52. The van der Waals surface area contributed by atoms with Crippen molar-refractivity contribution in [2.24, 2.45) is 4.99 Å². The number of ketones is 1. The van der Waals surface area contributed by atoms with Crippen molar-refractivity contribution in [2.75, 3.05) is 27.9 Å². The number of Topliss-reactive ketones (excluding diaryl/α,β-unsaturated/α-hetero) is 1. The minimum atomic E-state index is -0.692. The van der Waals surface area contributed by atoms with Gasteiger partial charge in [-0.2, -0.15) is 5.10 Å². The molecule has 0 amide bonds. The lowest BCUT2D eigenvalue weighted by Gasteiger charge is -2.14. The highest BCUT2D eigenvalue weighted by Gasteiger charge is 2.19. The lowest BCUT2D eigenvalue weighted by molar-refractivity contribution is -0.127. The van der Waals surface area contributed by atoms with Crippen molar-refractivity contribution in [3.8, 4) is 17.2 Å². The zero-order chi connectivity index (χ0) is 21.5. The van der Waals surface area contributed by atoms with E-state index in [-0.39, 0.29) is 12.3 Å².